The summed E-state index contributed by atoms with van der Waals surface area (Å²) in [7, 11) is 0. The lowest BCUT2D eigenvalue weighted by molar-refractivity contribution is 0.0473. The number of carbonyl (C=O) groups is 1. The van der Waals surface area contributed by atoms with Crippen LogP contribution in [0.15, 0.2) is 48.5 Å². The van der Waals surface area contributed by atoms with Crippen molar-refractivity contribution < 1.29 is 9.53 Å². The maximum atomic E-state index is 11.8. The van der Waals surface area contributed by atoms with Crippen molar-refractivity contribution >= 4 is 17.6 Å². The Kier molecular flexibility index (Phi) is 4.17. The van der Waals surface area contributed by atoms with Crippen LogP contribution >= 0.6 is 11.6 Å². The third-order valence-corrected chi connectivity index (χ3v) is 2.91. The van der Waals surface area contributed by atoms with Crippen LogP contribution in [-0.4, -0.2) is 5.97 Å². The van der Waals surface area contributed by atoms with Gasteiger partial charge in [0.2, 0.25) is 0 Å². The van der Waals surface area contributed by atoms with E-state index in [9.17, 15) is 4.79 Å². The van der Waals surface area contributed by atoms with Crippen LogP contribution in [0.25, 0.3) is 0 Å². The summed E-state index contributed by atoms with van der Waals surface area (Å²) in [4.78, 5) is 11.8. The molecule has 2 aromatic rings. The molecular weight excluding hydrogens is 262 g/mol. The van der Waals surface area contributed by atoms with Crippen molar-refractivity contribution in [1.82, 2.24) is 0 Å². The molecule has 2 rings (SSSR count). The van der Waals surface area contributed by atoms with Crippen LogP contribution in [0.2, 0.25) is 5.02 Å². The third kappa shape index (κ3) is 3.34. The molecule has 4 heteroatoms. The van der Waals surface area contributed by atoms with E-state index in [0.717, 1.165) is 5.56 Å². The van der Waals surface area contributed by atoms with Gasteiger partial charge in [-0.1, -0.05) is 35.9 Å². The second-order valence-electron chi connectivity index (χ2n) is 3.86. The molecule has 0 spiro atoms. The standard InChI is InChI=1S/C15H10ClNO2/c16-14-7-2-1-5-13(14)10-19-15(18)12-6-3-4-11(8-12)9-17/h1-8H,10H2. The van der Waals surface area contributed by atoms with Crippen molar-refractivity contribution in [2.45, 2.75) is 6.61 Å². The minimum atomic E-state index is -0.475. The predicted molar refractivity (Wildman–Crippen MR) is 71.7 cm³/mol. The van der Waals surface area contributed by atoms with Gasteiger partial charge < -0.3 is 4.74 Å². The highest BCUT2D eigenvalue weighted by molar-refractivity contribution is 6.31. The number of benzene rings is 2. The van der Waals surface area contributed by atoms with E-state index < -0.39 is 5.97 Å². The lowest BCUT2D eigenvalue weighted by atomic mass is 10.1. The molecule has 2 aromatic carbocycles. The van der Waals surface area contributed by atoms with Gasteiger partial charge in [0, 0.05) is 10.6 Å². The predicted octanol–water partition coefficient (Wildman–Crippen LogP) is 3.57. The Morgan fingerprint density at radius 2 is 2.00 bits per heavy atom. The van der Waals surface area contributed by atoms with Gasteiger partial charge in [-0.2, -0.15) is 5.26 Å². The summed E-state index contributed by atoms with van der Waals surface area (Å²) in [6.07, 6.45) is 0. The van der Waals surface area contributed by atoms with Crippen LogP contribution in [0.1, 0.15) is 21.5 Å². The van der Waals surface area contributed by atoms with Crippen molar-refractivity contribution in [2.75, 3.05) is 0 Å². The average molecular weight is 272 g/mol. The quantitative estimate of drug-likeness (QED) is 0.802. The molecule has 0 atom stereocenters. The zero-order chi connectivity index (χ0) is 13.7. The smallest absolute Gasteiger partial charge is 0.338 e. The number of ether oxygens (including phenoxy) is 1. The van der Waals surface area contributed by atoms with Gasteiger partial charge in [-0.15, -0.1) is 0 Å². The molecule has 0 aromatic heterocycles. The molecule has 0 N–H and O–H groups in total. The second kappa shape index (κ2) is 6.03. The first-order valence-electron chi connectivity index (χ1n) is 5.61. The van der Waals surface area contributed by atoms with Gasteiger partial charge in [0.25, 0.3) is 0 Å². The van der Waals surface area contributed by atoms with E-state index in [4.69, 9.17) is 21.6 Å². The van der Waals surface area contributed by atoms with Crippen LogP contribution in [0.5, 0.6) is 0 Å². The molecule has 3 nitrogen and oxygen atoms in total. The fraction of sp³-hybridized carbons (Fsp3) is 0.0667. The zero-order valence-corrected chi connectivity index (χ0v) is 10.7. The average Bonchev–Trinajstić information content (AvgIpc) is 2.46. The van der Waals surface area contributed by atoms with Crippen molar-refractivity contribution in [3.63, 3.8) is 0 Å². The molecule has 0 bridgehead atoms. The third-order valence-electron chi connectivity index (χ3n) is 2.54. The molecule has 0 saturated carbocycles. The Labute approximate surface area is 116 Å². The summed E-state index contributed by atoms with van der Waals surface area (Å²) < 4.78 is 5.16. The number of hydrogen-bond donors (Lipinski definition) is 0. The Balaban J connectivity index is 2.06. The maximum Gasteiger partial charge on any atom is 0.338 e. The highest BCUT2D eigenvalue weighted by Crippen LogP contribution is 2.16. The summed E-state index contributed by atoms with van der Waals surface area (Å²) >= 11 is 5.97. The lowest BCUT2D eigenvalue weighted by Crippen LogP contribution is -2.05. The highest BCUT2D eigenvalue weighted by Gasteiger charge is 2.09. The van der Waals surface area contributed by atoms with Crippen molar-refractivity contribution in [2.24, 2.45) is 0 Å². The molecule has 0 aliphatic rings. The van der Waals surface area contributed by atoms with Gasteiger partial charge >= 0.3 is 5.97 Å². The van der Waals surface area contributed by atoms with Gasteiger partial charge in [-0.05, 0) is 24.3 Å². The number of carbonyl (C=O) groups excluding carboxylic acids is 1. The first-order valence-corrected chi connectivity index (χ1v) is 5.99. The summed E-state index contributed by atoms with van der Waals surface area (Å²) in [5.41, 5.74) is 1.52. The normalized spacial score (nSPS) is 9.68. The highest BCUT2D eigenvalue weighted by atomic mass is 35.5. The van der Waals surface area contributed by atoms with Gasteiger partial charge in [0.05, 0.1) is 17.2 Å². The van der Waals surface area contributed by atoms with Crippen LogP contribution in [-0.2, 0) is 11.3 Å². The van der Waals surface area contributed by atoms with Crippen LogP contribution in [0.3, 0.4) is 0 Å². The molecule has 0 unspecified atom stereocenters. The summed E-state index contributed by atoms with van der Waals surface area (Å²) in [6.45, 7) is 0.106. The Bertz CT molecular complexity index is 647. The lowest BCUT2D eigenvalue weighted by Gasteiger charge is -2.06. The van der Waals surface area contributed by atoms with Crippen molar-refractivity contribution in [3.05, 3.63) is 70.2 Å². The van der Waals surface area contributed by atoms with E-state index in [2.05, 4.69) is 0 Å². The molecule has 0 radical (unpaired) electrons. The maximum absolute atomic E-state index is 11.8. The van der Waals surface area contributed by atoms with E-state index in [1.807, 2.05) is 18.2 Å². The molecule has 0 aliphatic carbocycles. The number of hydrogen-bond acceptors (Lipinski definition) is 3. The number of nitriles is 1. The summed E-state index contributed by atoms with van der Waals surface area (Å²) in [5.74, 6) is -0.475. The molecule has 19 heavy (non-hydrogen) atoms. The monoisotopic (exact) mass is 271 g/mol. The summed E-state index contributed by atoms with van der Waals surface area (Å²) in [5, 5.41) is 9.33. The second-order valence-corrected chi connectivity index (χ2v) is 4.27. The number of esters is 1. The van der Waals surface area contributed by atoms with E-state index in [1.54, 1.807) is 30.3 Å². The molecule has 0 aliphatic heterocycles. The van der Waals surface area contributed by atoms with Crippen LogP contribution in [0, 0.1) is 11.3 Å². The Morgan fingerprint density at radius 1 is 1.21 bits per heavy atom. The molecule has 94 valence electrons. The van der Waals surface area contributed by atoms with E-state index in [-0.39, 0.29) is 6.61 Å². The van der Waals surface area contributed by atoms with Crippen LogP contribution < -0.4 is 0 Å². The zero-order valence-electron chi connectivity index (χ0n) is 9.97. The van der Waals surface area contributed by atoms with E-state index >= 15 is 0 Å². The van der Waals surface area contributed by atoms with Gasteiger partial charge in [-0.25, -0.2) is 4.79 Å². The molecule has 0 saturated heterocycles. The fourth-order valence-electron chi connectivity index (χ4n) is 1.56. The minimum absolute atomic E-state index is 0.106. The summed E-state index contributed by atoms with van der Waals surface area (Å²) in [6, 6.07) is 15.5. The minimum Gasteiger partial charge on any atom is -0.457 e. The topological polar surface area (TPSA) is 50.1 Å². The molecule has 0 heterocycles. The number of nitrogens with zero attached hydrogens (tertiary/aromatic N) is 1. The van der Waals surface area contributed by atoms with Gasteiger partial charge in [0.15, 0.2) is 0 Å². The number of rotatable bonds is 3. The largest absolute Gasteiger partial charge is 0.457 e. The first-order chi connectivity index (χ1) is 9.20. The van der Waals surface area contributed by atoms with E-state index in [0.29, 0.717) is 16.1 Å². The van der Waals surface area contributed by atoms with Crippen molar-refractivity contribution in [3.8, 4) is 6.07 Å². The van der Waals surface area contributed by atoms with E-state index in [1.165, 1.54) is 6.07 Å². The number of halogens is 1. The fourth-order valence-corrected chi connectivity index (χ4v) is 1.75. The molecule has 0 fully saturated rings. The Morgan fingerprint density at radius 3 is 2.74 bits per heavy atom. The van der Waals surface area contributed by atoms with Gasteiger partial charge in [0.1, 0.15) is 6.61 Å². The Hall–Kier alpha value is -2.31. The first kappa shape index (κ1) is 13.1. The van der Waals surface area contributed by atoms with Crippen LogP contribution in [0.4, 0.5) is 0 Å². The molecule has 0 amide bonds. The van der Waals surface area contributed by atoms with Gasteiger partial charge in [-0.3, -0.25) is 0 Å². The molecular formula is C15H10ClNO2. The van der Waals surface area contributed by atoms with Crippen molar-refractivity contribution in [1.29, 1.82) is 5.26 Å². The SMILES string of the molecule is N#Cc1cccc(C(=O)OCc2ccccc2Cl)c1.